The van der Waals surface area contributed by atoms with Gasteiger partial charge in [-0.05, 0) is 18.9 Å². The maximum atomic E-state index is 8.76. The van der Waals surface area contributed by atoms with Crippen LogP contribution in [0, 0.1) is 11.3 Å². The van der Waals surface area contributed by atoms with Crippen molar-refractivity contribution in [1.29, 1.82) is 5.26 Å². The first-order valence-corrected chi connectivity index (χ1v) is 6.81. The molecular formula is C15H18N4. The number of nitrogens with zero attached hydrogens (tertiary/aromatic N) is 4. The van der Waals surface area contributed by atoms with Crippen LogP contribution in [0.15, 0.2) is 24.3 Å². The quantitative estimate of drug-likeness (QED) is 0.823. The van der Waals surface area contributed by atoms with E-state index in [2.05, 4.69) is 34.3 Å². The lowest BCUT2D eigenvalue weighted by molar-refractivity contribution is 0.258. The highest BCUT2D eigenvalue weighted by Crippen LogP contribution is 2.29. The molecule has 0 bridgehead atoms. The molecule has 1 saturated carbocycles. The summed E-state index contributed by atoms with van der Waals surface area (Å²) in [6.45, 7) is 1.71. The van der Waals surface area contributed by atoms with E-state index in [1.165, 1.54) is 23.7 Å². The molecule has 1 aromatic heterocycles. The molecule has 0 N–H and O–H groups in total. The summed E-state index contributed by atoms with van der Waals surface area (Å²) in [4.78, 5) is 2.40. The molecule has 1 aliphatic carbocycles. The van der Waals surface area contributed by atoms with Crippen LogP contribution in [0.2, 0.25) is 0 Å². The molecule has 3 rings (SSSR count). The van der Waals surface area contributed by atoms with E-state index < -0.39 is 0 Å². The number of nitriles is 1. The van der Waals surface area contributed by atoms with Crippen molar-refractivity contribution in [3.63, 3.8) is 0 Å². The van der Waals surface area contributed by atoms with Crippen LogP contribution in [-0.4, -0.2) is 27.3 Å². The van der Waals surface area contributed by atoms with E-state index in [4.69, 9.17) is 5.26 Å². The maximum Gasteiger partial charge on any atom is 0.0843 e. The second-order valence-corrected chi connectivity index (χ2v) is 5.20. The van der Waals surface area contributed by atoms with E-state index >= 15 is 0 Å². The lowest BCUT2D eigenvalue weighted by Crippen LogP contribution is -2.26. The van der Waals surface area contributed by atoms with Gasteiger partial charge in [-0.1, -0.05) is 18.2 Å². The standard InChI is InChI=1S/C15H18N4/c1-18-15-6-3-2-5-13(15)14(17-18)11-19(10-4-9-16)12-7-8-12/h2-3,5-6,12H,4,7-8,10-11H2,1H3. The predicted molar refractivity (Wildman–Crippen MR) is 74.4 cm³/mol. The Morgan fingerprint density at radius 3 is 2.95 bits per heavy atom. The Bertz CT molecular complexity index is 619. The Morgan fingerprint density at radius 1 is 1.42 bits per heavy atom. The van der Waals surface area contributed by atoms with E-state index in [-0.39, 0.29) is 0 Å². The van der Waals surface area contributed by atoms with Crippen LogP contribution >= 0.6 is 0 Å². The minimum atomic E-state index is 0.598. The molecule has 4 heteroatoms. The third kappa shape index (κ3) is 2.47. The third-order valence-electron chi connectivity index (χ3n) is 3.76. The number of aromatic nitrogens is 2. The smallest absolute Gasteiger partial charge is 0.0843 e. The van der Waals surface area contributed by atoms with Gasteiger partial charge < -0.3 is 0 Å². The lowest BCUT2D eigenvalue weighted by Gasteiger charge is -2.19. The van der Waals surface area contributed by atoms with Crippen LogP contribution < -0.4 is 0 Å². The fourth-order valence-electron chi connectivity index (χ4n) is 2.62. The molecule has 1 aliphatic rings. The van der Waals surface area contributed by atoms with E-state index in [0.717, 1.165) is 18.8 Å². The van der Waals surface area contributed by atoms with Crippen molar-refractivity contribution in [2.45, 2.75) is 31.8 Å². The van der Waals surface area contributed by atoms with Gasteiger partial charge >= 0.3 is 0 Å². The average Bonchev–Trinajstić information content (AvgIpc) is 3.22. The summed E-state index contributed by atoms with van der Waals surface area (Å²) in [5, 5.41) is 14.6. The highest BCUT2D eigenvalue weighted by Gasteiger charge is 2.29. The Morgan fingerprint density at radius 2 is 2.21 bits per heavy atom. The molecule has 4 nitrogen and oxygen atoms in total. The van der Waals surface area contributed by atoms with Gasteiger partial charge in [0.05, 0.1) is 17.3 Å². The van der Waals surface area contributed by atoms with Crippen molar-refractivity contribution < 1.29 is 0 Å². The van der Waals surface area contributed by atoms with Crippen LogP contribution in [0.1, 0.15) is 25.0 Å². The summed E-state index contributed by atoms with van der Waals surface area (Å²) in [5.74, 6) is 0. The Labute approximate surface area is 113 Å². The molecule has 0 radical (unpaired) electrons. The number of rotatable bonds is 5. The van der Waals surface area contributed by atoms with Crippen molar-refractivity contribution in [2.24, 2.45) is 7.05 Å². The van der Waals surface area contributed by atoms with Gasteiger partial charge in [0, 0.05) is 38.0 Å². The number of hydrogen-bond donors (Lipinski definition) is 0. The monoisotopic (exact) mass is 254 g/mol. The Hall–Kier alpha value is -1.86. The molecule has 0 saturated heterocycles. The van der Waals surface area contributed by atoms with Gasteiger partial charge in [-0.15, -0.1) is 0 Å². The molecule has 1 aromatic carbocycles. The molecule has 0 aliphatic heterocycles. The number of aryl methyl sites for hydroxylation is 1. The zero-order valence-corrected chi connectivity index (χ0v) is 11.2. The second kappa shape index (κ2) is 5.02. The topological polar surface area (TPSA) is 44.9 Å². The summed E-state index contributed by atoms with van der Waals surface area (Å²) in [6.07, 6.45) is 3.12. The molecule has 0 unspecified atom stereocenters. The van der Waals surface area contributed by atoms with Gasteiger partial charge in [0.2, 0.25) is 0 Å². The average molecular weight is 254 g/mol. The van der Waals surface area contributed by atoms with E-state index in [0.29, 0.717) is 12.5 Å². The SMILES string of the molecule is Cn1nc(CN(CCC#N)C2CC2)c2ccccc21. The number of benzene rings is 1. The van der Waals surface area contributed by atoms with E-state index in [9.17, 15) is 0 Å². The molecule has 0 amide bonds. The van der Waals surface area contributed by atoms with Gasteiger partial charge in [0.15, 0.2) is 0 Å². The van der Waals surface area contributed by atoms with Crippen molar-refractivity contribution in [1.82, 2.24) is 14.7 Å². The minimum absolute atomic E-state index is 0.598. The first-order valence-electron chi connectivity index (χ1n) is 6.81. The van der Waals surface area contributed by atoms with Crippen LogP contribution in [0.4, 0.5) is 0 Å². The molecule has 98 valence electrons. The van der Waals surface area contributed by atoms with Crippen molar-refractivity contribution >= 4 is 10.9 Å². The summed E-state index contributed by atoms with van der Waals surface area (Å²) in [5.41, 5.74) is 2.30. The molecule has 2 aromatic rings. The molecule has 1 heterocycles. The summed E-state index contributed by atoms with van der Waals surface area (Å²) in [6, 6.07) is 11.2. The normalized spacial score (nSPS) is 15.0. The summed E-state index contributed by atoms with van der Waals surface area (Å²) >= 11 is 0. The van der Waals surface area contributed by atoms with Crippen molar-refractivity contribution in [3.8, 4) is 6.07 Å². The molecule has 19 heavy (non-hydrogen) atoms. The van der Waals surface area contributed by atoms with E-state index in [1.54, 1.807) is 0 Å². The zero-order chi connectivity index (χ0) is 13.2. The van der Waals surface area contributed by atoms with Crippen molar-refractivity contribution in [3.05, 3.63) is 30.0 Å². The van der Waals surface area contributed by atoms with Gasteiger partial charge in [-0.3, -0.25) is 9.58 Å². The van der Waals surface area contributed by atoms with E-state index in [1.807, 2.05) is 17.8 Å². The fourth-order valence-corrected chi connectivity index (χ4v) is 2.62. The van der Waals surface area contributed by atoms with Gasteiger partial charge in [0.1, 0.15) is 0 Å². The number of para-hydroxylation sites is 1. The van der Waals surface area contributed by atoms with Crippen molar-refractivity contribution in [2.75, 3.05) is 6.54 Å². The maximum absolute atomic E-state index is 8.76. The van der Waals surface area contributed by atoms with Crippen LogP contribution in [0.3, 0.4) is 0 Å². The lowest BCUT2D eigenvalue weighted by atomic mass is 10.2. The van der Waals surface area contributed by atoms with Gasteiger partial charge in [0.25, 0.3) is 0 Å². The molecule has 0 spiro atoms. The summed E-state index contributed by atoms with van der Waals surface area (Å²) in [7, 11) is 1.99. The number of hydrogen-bond acceptors (Lipinski definition) is 3. The minimum Gasteiger partial charge on any atom is -0.293 e. The number of fused-ring (bicyclic) bond motifs is 1. The Kier molecular flexibility index (Phi) is 3.22. The molecule has 0 atom stereocenters. The molecular weight excluding hydrogens is 236 g/mol. The van der Waals surface area contributed by atoms with Crippen LogP contribution in [0.5, 0.6) is 0 Å². The predicted octanol–water partition coefficient (Wildman–Crippen LogP) is 2.45. The first-order chi connectivity index (χ1) is 9.29. The highest BCUT2D eigenvalue weighted by atomic mass is 15.3. The van der Waals surface area contributed by atoms with Gasteiger partial charge in [-0.2, -0.15) is 10.4 Å². The van der Waals surface area contributed by atoms with Crippen LogP contribution in [-0.2, 0) is 13.6 Å². The second-order valence-electron chi connectivity index (χ2n) is 5.20. The summed E-state index contributed by atoms with van der Waals surface area (Å²) < 4.78 is 1.94. The zero-order valence-electron chi connectivity index (χ0n) is 11.2. The Balaban J connectivity index is 1.85. The third-order valence-corrected chi connectivity index (χ3v) is 3.76. The van der Waals surface area contributed by atoms with Gasteiger partial charge in [-0.25, -0.2) is 0 Å². The van der Waals surface area contributed by atoms with Crippen LogP contribution in [0.25, 0.3) is 10.9 Å². The molecule has 1 fully saturated rings. The first kappa shape index (κ1) is 12.2. The highest BCUT2D eigenvalue weighted by molar-refractivity contribution is 5.81. The largest absolute Gasteiger partial charge is 0.293 e. The fraction of sp³-hybridized carbons (Fsp3) is 0.467.